The summed E-state index contributed by atoms with van der Waals surface area (Å²) in [7, 11) is 0. The molecule has 118 valence electrons. The molecule has 2 aromatic heterocycles. The van der Waals surface area contributed by atoms with E-state index in [1.165, 1.54) is 28.4 Å². The smallest absolute Gasteiger partial charge is 0.269 e. The highest BCUT2D eigenvalue weighted by Gasteiger charge is 2.41. The molecule has 0 aliphatic carbocycles. The number of carbonyl (C=O) groups is 1. The fraction of sp³-hybridized carbons (Fsp3) is 0.267. The molecule has 2 aliphatic rings. The standard InChI is InChI=1S/C15H12ClN3O2S2/c1-7-6-9(16)17-13-8(7)2-3-10(18-13)19-14(20)11-12(15(19)21)23-5-4-22-11/h2-3,6,14,20H,4-5H2,1H3. The van der Waals surface area contributed by atoms with Gasteiger partial charge in [0, 0.05) is 16.9 Å². The van der Waals surface area contributed by atoms with E-state index in [1.54, 1.807) is 12.1 Å². The molecule has 2 aliphatic heterocycles. The number of aromatic nitrogens is 2. The van der Waals surface area contributed by atoms with E-state index in [9.17, 15) is 9.90 Å². The lowest BCUT2D eigenvalue weighted by molar-refractivity contribution is -0.115. The van der Waals surface area contributed by atoms with Crippen molar-refractivity contribution in [1.29, 1.82) is 0 Å². The molecule has 1 atom stereocenters. The molecule has 0 bridgehead atoms. The van der Waals surface area contributed by atoms with Gasteiger partial charge in [-0.2, -0.15) is 0 Å². The van der Waals surface area contributed by atoms with Crippen molar-refractivity contribution < 1.29 is 9.90 Å². The van der Waals surface area contributed by atoms with Crippen molar-refractivity contribution in [2.45, 2.75) is 13.2 Å². The first-order valence-corrected chi connectivity index (χ1v) is 9.36. The number of hydrogen-bond donors (Lipinski definition) is 1. The van der Waals surface area contributed by atoms with Crippen LogP contribution in [0.25, 0.3) is 11.0 Å². The van der Waals surface area contributed by atoms with Crippen molar-refractivity contribution in [3.63, 3.8) is 0 Å². The van der Waals surface area contributed by atoms with Crippen molar-refractivity contribution in [3.05, 3.63) is 38.7 Å². The summed E-state index contributed by atoms with van der Waals surface area (Å²) in [5.74, 6) is 1.95. The number of rotatable bonds is 1. The number of thioether (sulfide) groups is 2. The molecule has 0 aromatic carbocycles. The minimum absolute atomic E-state index is 0.199. The first kappa shape index (κ1) is 15.3. The molecular formula is C15H12ClN3O2S2. The minimum atomic E-state index is -0.972. The molecule has 1 N–H and O–H groups in total. The van der Waals surface area contributed by atoms with E-state index in [0.717, 1.165) is 27.4 Å². The van der Waals surface area contributed by atoms with Crippen molar-refractivity contribution in [1.82, 2.24) is 9.97 Å². The molecule has 8 heteroatoms. The average Bonchev–Trinajstić information content (AvgIpc) is 2.78. The van der Waals surface area contributed by atoms with E-state index >= 15 is 0 Å². The second-order valence-electron chi connectivity index (χ2n) is 5.24. The Hall–Kier alpha value is -1.28. The summed E-state index contributed by atoms with van der Waals surface area (Å²) >= 11 is 9.03. The molecule has 0 spiro atoms. The third-order valence-corrected chi connectivity index (χ3v) is 6.59. The molecule has 5 nitrogen and oxygen atoms in total. The monoisotopic (exact) mass is 365 g/mol. The van der Waals surface area contributed by atoms with E-state index in [-0.39, 0.29) is 5.91 Å². The van der Waals surface area contributed by atoms with Crippen molar-refractivity contribution in [2.24, 2.45) is 0 Å². The van der Waals surface area contributed by atoms with Gasteiger partial charge in [0.15, 0.2) is 11.9 Å². The molecule has 1 unspecified atom stereocenters. The normalized spacial score (nSPS) is 21.3. The number of pyridine rings is 2. The molecule has 0 saturated carbocycles. The maximum atomic E-state index is 12.6. The Morgan fingerprint density at radius 1 is 1.30 bits per heavy atom. The summed E-state index contributed by atoms with van der Waals surface area (Å²) in [5, 5.41) is 11.7. The van der Waals surface area contributed by atoms with Gasteiger partial charge in [0.25, 0.3) is 5.91 Å². The van der Waals surface area contributed by atoms with Crippen LogP contribution < -0.4 is 4.90 Å². The lowest BCUT2D eigenvalue weighted by Gasteiger charge is -2.21. The summed E-state index contributed by atoms with van der Waals surface area (Å²) in [6.07, 6.45) is -0.972. The number of aliphatic hydroxyl groups is 1. The molecule has 4 rings (SSSR count). The van der Waals surface area contributed by atoms with Crippen LogP contribution in [-0.4, -0.2) is 38.7 Å². The molecule has 2 aromatic rings. The first-order valence-electron chi connectivity index (χ1n) is 7.01. The molecule has 0 saturated heterocycles. The Morgan fingerprint density at radius 3 is 2.87 bits per heavy atom. The highest BCUT2D eigenvalue weighted by molar-refractivity contribution is 8.10. The number of aryl methyl sites for hydroxylation is 1. The molecule has 0 fully saturated rings. The Morgan fingerprint density at radius 2 is 2.09 bits per heavy atom. The second kappa shape index (κ2) is 5.66. The first-order chi connectivity index (χ1) is 11.1. The number of carbonyl (C=O) groups excluding carboxylic acids is 1. The van der Waals surface area contributed by atoms with Crippen LogP contribution >= 0.6 is 35.1 Å². The highest BCUT2D eigenvalue weighted by Crippen LogP contribution is 2.44. The average molecular weight is 366 g/mol. The van der Waals surface area contributed by atoms with Gasteiger partial charge < -0.3 is 5.11 Å². The quantitative estimate of drug-likeness (QED) is 0.784. The number of anilines is 1. The van der Waals surface area contributed by atoms with Gasteiger partial charge >= 0.3 is 0 Å². The van der Waals surface area contributed by atoms with E-state index < -0.39 is 6.23 Å². The fourth-order valence-electron chi connectivity index (χ4n) is 2.71. The van der Waals surface area contributed by atoms with Gasteiger partial charge in [-0.05, 0) is 30.7 Å². The number of nitrogens with zero attached hydrogens (tertiary/aromatic N) is 3. The predicted octanol–water partition coefficient (Wildman–Crippen LogP) is 2.95. The van der Waals surface area contributed by atoms with Gasteiger partial charge in [0.05, 0.1) is 9.81 Å². The van der Waals surface area contributed by atoms with Gasteiger partial charge in [-0.25, -0.2) is 9.97 Å². The van der Waals surface area contributed by atoms with E-state index in [0.29, 0.717) is 21.5 Å². The topological polar surface area (TPSA) is 66.3 Å². The van der Waals surface area contributed by atoms with Crippen LogP contribution in [0.5, 0.6) is 0 Å². The highest BCUT2D eigenvalue weighted by atomic mass is 35.5. The lowest BCUT2D eigenvalue weighted by Crippen LogP contribution is -2.35. The largest absolute Gasteiger partial charge is 0.368 e. The third-order valence-electron chi connectivity index (χ3n) is 3.78. The van der Waals surface area contributed by atoms with Crippen LogP contribution in [0, 0.1) is 6.92 Å². The van der Waals surface area contributed by atoms with Crippen LogP contribution in [-0.2, 0) is 4.79 Å². The lowest BCUT2D eigenvalue weighted by atomic mass is 10.2. The fourth-order valence-corrected chi connectivity index (χ4v) is 5.34. The van der Waals surface area contributed by atoms with Crippen LogP contribution in [0.2, 0.25) is 5.15 Å². The number of hydrogen-bond acceptors (Lipinski definition) is 6. The SMILES string of the molecule is Cc1cc(Cl)nc2nc(N3C(=O)C4=C(SCCS4)C3O)ccc12. The number of halogens is 1. The molecule has 23 heavy (non-hydrogen) atoms. The van der Waals surface area contributed by atoms with Crippen LogP contribution in [0.3, 0.4) is 0 Å². The number of fused-ring (bicyclic) bond motifs is 1. The maximum Gasteiger partial charge on any atom is 0.269 e. The summed E-state index contributed by atoms with van der Waals surface area (Å²) < 4.78 is 0. The summed E-state index contributed by atoms with van der Waals surface area (Å²) in [6, 6.07) is 5.36. The van der Waals surface area contributed by atoms with Crippen molar-refractivity contribution >= 4 is 57.9 Å². The van der Waals surface area contributed by atoms with Gasteiger partial charge in [-0.1, -0.05) is 11.6 Å². The Balaban J connectivity index is 1.79. The van der Waals surface area contributed by atoms with Gasteiger partial charge in [-0.15, -0.1) is 23.5 Å². The van der Waals surface area contributed by atoms with Crippen LogP contribution in [0.4, 0.5) is 5.82 Å². The number of aliphatic hydroxyl groups excluding tert-OH is 1. The Kier molecular flexibility index (Phi) is 3.76. The second-order valence-corrected chi connectivity index (χ2v) is 7.87. The summed E-state index contributed by atoms with van der Waals surface area (Å²) in [5.41, 5.74) is 1.44. The maximum absolute atomic E-state index is 12.6. The summed E-state index contributed by atoms with van der Waals surface area (Å²) in [4.78, 5) is 24.0. The van der Waals surface area contributed by atoms with Crippen molar-refractivity contribution in [3.8, 4) is 0 Å². The zero-order chi connectivity index (χ0) is 16.1. The van der Waals surface area contributed by atoms with Crippen molar-refractivity contribution in [2.75, 3.05) is 16.4 Å². The predicted molar refractivity (Wildman–Crippen MR) is 94.7 cm³/mol. The van der Waals surface area contributed by atoms with E-state index in [1.807, 2.05) is 13.0 Å². The van der Waals surface area contributed by atoms with Gasteiger partial charge in [-0.3, -0.25) is 9.69 Å². The molecule has 1 amide bonds. The van der Waals surface area contributed by atoms with Gasteiger partial charge in [0.2, 0.25) is 0 Å². The van der Waals surface area contributed by atoms with Crippen LogP contribution in [0.1, 0.15) is 5.56 Å². The van der Waals surface area contributed by atoms with E-state index in [2.05, 4.69) is 9.97 Å². The minimum Gasteiger partial charge on any atom is -0.368 e. The van der Waals surface area contributed by atoms with Crippen LogP contribution in [0.15, 0.2) is 28.0 Å². The zero-order valence-corrected chi connectivity index (χ0v) is 14.5. The molecular weight excluding hydrogens is 354 g/mol. The third kappa shape index (κ3) is 2.42. The van der Waals surface area contributed by atoms with Gasteiger partial charge in [0.1, 0.15) is 11.0 Å². The van der Waals surface area contributed by atoms with E-state index in [4.69, 9.17) is 11.6 Å². The number of amides is 1. The summed E-state index contributed by atoms with van der Waals surface area (Å²) in [6.45, 7) is 1.93. The zero-order valence-electron chi connectivity index (χ0n) is 12.1. The molecule has 0 radical (unpaired) electrons. The molecule has 4 heterocycles. The Labute approximate surface area is 146 Å². The Bertz CT molecular complexity index is 871.